The predicted molar refractivity (Wildman–Crippen MR) is 68.6 cm³/mol. The molecule has 1 saturated carbocycles. The first kappa shape index (κ1) is 12.9. The van der Waals surface area contributed by atoms with Gasteiger partial charge in [0, 0.05) is 6.04 Å². The maximum atomic E-state index is 12.0. The largest absolute Gasteiger partial charge is 0.480 e. The van der Waals surface area contributed by atoms with E-state index in [2.05, 4.69) is 5.32 Å². The Kier molecular flexibility index (Phi) is 3.86. The van der Waals surface area contributed by atoms with Crippen LogP contribution in [0.25, 0.3) is 0 Å². The maximum Gasteiger partial charge on any atom is 0.323 e. The van der Waals surface area contributed by atoms with Gasteiger partial charge in [-0.1, -0.05) is 0 Å². The van der Waals surface area contributed by atoms with Gasteiger partial charge in [-0.05, 0) is 42.2 Å². The van der Waals surface area contributed by atoms with Gasteiger partial charge in [0.1, 0.15) is 6.54 Å². The fourth-order valence-corrected chi connectivity index (χ4v) is 2.53. The van der Waals surface area contributed by atoms with E-state index in [1.165, 1.54) is 4.90 Å². The van der Waals surface area contributed by atoms with Crippen molar-refractivity contribution in [3.05, 3.63) is 22.4 Å². The Morgan fingerprint density at radius 1 is 1.61 bits per heavy atom. The first-order valence-corrected chi connectivity index (χ1v) is 6.83. The third-order valence-corrected chi connectivity index (χ3v) is 3.64. The lowest BCUT2D eigenvalue weighted by molar-refractivity contribution is -0.137. The summed E-state index contributed by atoms with van der Waals surface area (Å²) in [5.74, 6) is -0.972. The van der Waals surface area contributed by atoms with E-state index in [0.29, 0.717) is 0 Å². The van der Waals surface area contributed by atoms with E-state index in [1.54, 1.807) is 11.3 Å². The molecule has 98 valence electrons. The zero-order chi connectivity index (χ0) is 13.1. The fraction of sp³-hybridized carbons (Fsp3) is 0.500. The lowest BCUT2D eigenvalue weighted by Crippen LogP contribution is -2.44. The normalized spacial score (nSPS) is 16.1. The zero-order valence-corrected chi connectivity index (χ0v) is 10.9. The Morgan fingerprint density at radius 3 is 2.83 bits per heavy atom. The molecule has 0 radical (unpaired) electrons. The summed E-state index contributed by atoms with van der Waals surface area (Å²) in [6.07, 6.45) is 1.79. The molecule has 1 aliphatic carbocycles. The number of aliphatic carboxylic acids is 1. The highest BCUT2D eigenvalue weighted by atomic mass is 32.1. The number of urea groups is 1. The van der Waals surface area contributed by atoms with Crippen molar-refractivity contribution in [1.82, 2.24) is 10.2 Å². The molecule has 1 aliphatic rings. The number of carboxylic acids is 1. The van der Waals surface area contributed by atoms with E-state index >= 15 is 0 Å². The summed E-state index contributed by atoms with van der Waals surface area (Å²) in [6.45, 7) is 1.67. The van der Waals surface area contributed by atoms with Crippen molar-refractivity contribution >= 4 is 23.3 Å². The Hall–Kier alpha value is -1.56. The average Bonchev–Trinajstić information content (AvgIpc) is 2.99. The molecule has 2 N–H and O–H groups in total. The van der Waals surface area contributed by atoms with Crippen LogP contribution in [0.2, 0.25) is 0 Å². The van der Waals surface area contributed by atoms with Crippen LogP contribution in [0.3, 0.4) is 0 Å². The van der Waals surface area contributed by atoms with E-state index in [1.807, 2.05) is 23.8 Å². The molecule has 5 nitrogen and oxygen atoms in total. The molecule has 0 aliphatic heterocycles. The minimum Gasteiger partial charge on any atom is -0.480 e. The summed E-state index contributed by atoms with van der Waals surface area (Å²) < 4.78 is 0. The van der Waals surface area contributed by atoms with Crippen LogP contribution in [0.5, 0.6) is 0 Å². The molecule has 0 spiro atoms. The molecule has 1 aromatic heterocycles. The second kappa shape index (κ2) is 5.39. The number of carbonyl (C=O) groups excluding carboxylic acids is 1. The summed E-state index contributed by atoms with van der Waals surface area (Å²) in [6, 6.07) is 1.65. The highest BCUT2D eigenvalue weighted by Crippen LogP contribution is 2.27. The summed E-state index contributed by atoms with van der Waals surface area (Å²) in [5, 5.41) is 15.6. The molecule has 6 heteroatoms. The number of rotatable bonds is 5. The molecular formula is C12H16N2O3S. The number of carboxylic acid groups (broad SMARTS) is 1. The predicted octanol–water partition coefficient (Wildman–Crippen LogP) is 2.07. The summed E-state index contributed by atoms with van der Waals surface area (Å²) in [5.41, 5.74) is 1.04. The number of carbonyl (C=O) groups is 2. The van der Waals surface area contributed by atoms with Crippen LogP contribution in [0.15, 0.2) is 16.8 Å². The summed E-state index contributed by atoms with van der Waals surface area (Å²) in [7, 11) is 0. The standard InChI is InChI=1S/C12H16N2O3S/c1-8(9-4-5-18-7-9)13-12(17)14(6-11(15)16)10-2-3-10/h4-5,7-8,10H,2-3,6H2,1H3,(H,13,17)(H,15,16). The van der Waals surface area contributed by atoms with Gasteiger partial charge in [-0.3, -0.25) is 4.79 Å². The Bertz CT molecular complexity index is 429. The molecule has 2 amide bonds. The molecule has 0 saturated heterocycles. The zero-order valence-electron chi connectivity index (χ0n) is 10.1. The molecule has 18 heavy (non-hydrogen) atoms. The number of hydrogen-bond acceptors (Lipinski definition) is 3. The monoisotopic (exact) mass is 268 g/mol. The number of amides is 2. The molecule has 0 aromatic carbocycles. The van der Waals surface area contributed by atoms with E-state index in [-0.39, 0.29) is 24.7 Å². The second-order valence-electron chi connectivity index (χ2n) is 4.48. The van der Waals surface area contributed by atoms with Crippen molar-refractivity contribution in [2.45, 2.75) is 31.8 Å². The minimum atomic E-state index is -0.972. The maximum absolute atomic E-state index is 12.0. The molecule has 1 atom stereocenters. The van der Waals surface area contributed by atoms with Crippen LogP contribution in [0.1, 0.15) is 31.4 Å². The number of nitrogens with zero attached hydrogens (tertiary/aromatic N) is 1. The van der Waals surface area contributed by atoms with Gasteiger partial charge in [-0.2, -0.15) is 11.3 Å². The number of hydrogen-bond donors (Lipinski definition) is 2. The lowest BCUT2D eigenvalue weighted by Gasteiger charge is -2.23. The Morgan fingerprint density at radius 2 is 2.33 bits per heavy atom. The van der Waals surface area contributed by atoms with Crippen molar-refractivity contribution in [2.75, 3.05) is 6.54 Å². The van der Waals surface area contributed by atoms with E-state index < -0.39 is 5.97 Å². The first-order chi connectivity index (χ1) is 8.58. The molecule has 1 aromatic rings. The molecule has 1 fully saturated rings. The van der Waals surface area contributed by atoms with Gasteiger partial charge >= 0.3 is 12.0 Å². The van der Waals surface area contributed by atoms with Crippen molar-refractivity contribution in [2.24, 2.45) is 0 Å². The van der Waals surface area contributed by atoms with Crippen molar-refractivity contribution in [3.8, 4) is 0 Å². The smallest absolute Gasteiger partial charge is 0.323 e. The number of thiophene rings is 1. The number of nitrogens with one attached hydrogen (secondary N) is 1. The molecule has 2 rings (SSSR count). The van der Waals surface area contributed by atoms with Crippen LogP contribution in [-0.4, -0.2) is 34.6 Å². The molecule has 1 heterocycles. The lowest BCUT2D eigenvalue weighted by atomic mass is 10.2. The minimum absolute atomic E-state index is 0.0933. The van der Waals surface area contributed by atoms with Crippen LogP contribution >= 0.6 is 11.3 Å². The summed E-state index contributed by atoms with van der Waals surface area (Å²) in [4.78, 5) is 24.2. The Balaban J connectivity index is 1.94. The van der Waals surface area contributed by atoms with Crippen LogP contribution in [-0.2, 0) is 4.79 Å². The third-order valence-electron chi connectivity index (χ3n) is 2.94. The van der Waals surface area contributed by atoms with Gasteiger partial charge in [-0.15, -0.1) is 0 Å². The SMILES string of the molecule is CC(NC(=O)N(CC(=O)O)C1CC1)c1ccsc1. The Labute approximate surface area is 109 Å². The van der Waals surface area contributed by atoms with Gasteiger partial charge in [0.2, 0.25) is 0 Å². The van der Waals surface area contributed by atoms with Gasteiger partial charge < -0.3 is 15.3 Å². The topological polar surface area (TPSA) is 69.6 Å². The molecule has 0 bridgehead atoms. The fourth-order valence-electron chi connectivity index (χ4n) is 1.77. The first-order valence-electron chi connectivity index (χ1n) is 5.89. The van der Waals surface area contributed by atoms with Gasteiger partial charge in [0.25, 0.3) is 0 Å². The van der Waals surface area contributed by atoms with E-state index in [4.69, 9.17) is 5.11 Å². The van der Waals surface area contributed by atoms with Gasteiger partial charge in [-0.25, -0.2) is 4.79 Å². The third kappa shape index (κ3) is 3.22. The summed E-state index contributed by atoms with van der Waals surface area (Å²) >= 11 is 1.57. The highest BCUT2D eigenvalue weighted by Gasteiger charge is 2.34. The quantitative estimate of drug-likeness (QED) is 0.859. The average molecular weight is 268 g/mol. The van der Waals surface area contributed by atoms with Gasteiger partial charge in [0.15, 0.2) is 0 Å². The van der Waals surface area contributed by atoms with Crippen molar-refractivity contribution in [3.63, 3.8) is 0 Å². The van der Waals surface area contributed by atoms with Crippen molar-refractivity contribution in [1.29, 1.82) is 0 Å². The van der Waals surface area contributed by atoms with Crippen LogP contribution in [0.4, 0.5) is 4.79 Å². The van der Waals surface area contributed by atoms with Crippen molar-refractivity contribution < 1.29 is 14.7 Å². The van der Waals surface area contributed by atoms with Crippen LogP contribution in [0, 0.1) is 0 Å². The van der Waals surface area contributed by atoms with E-state index in [0.717, 1.165) is 18.4 Å². The molecular weight excluding hydrogens is 252 g/mol. The second-order valence-corrected chi connectivity index (χ2v) is 5.26. The highest BCUT2D eigenvalue weighted by molar-refractivity contribution is 7.07. The van der Waals surface area contributed by atoms with Crippen LogP contribution < -0.4 is 5.32 Å². The molecule has 1 unspecified atom stereocenters. The van der Waals surface area contributed by atoms with Gasteiger partial charge in [0.05, 0.1) is 6.04 Å². The van der Waals surface area contributed by atoms with E-state index in [9.17, 15) is 9.59 Å².